The fourth-order valence-corrected chi connectivity index (χ4v) is 6.36. The number of carbonyl (C=O) groups is 2. The Morgan fingerprint density at radius 3 is 2.50 bits per heavy atom. The zero-order chi connectivity index (χ0) is 30.6. The predicted molar refractivity (Wildman–Crippen MR) is 157 cm³/mol. The Balaban J connectivity index is 1.63. The van der Waals surface area contributed by atoms with Crippen molar-refractivity contribution in [2.45, 2.75) is 51.2 Å². The van der Waals surface area contributed by atoms with Gasteiger partial charge in [-0.15, -0.1) is 0 Å². The van der Waals surface area contributed by atoms with Crippen LogP contribution in [0.3, 0.4) is 0 Å². The van der Waals surface area contributed by atoms with Gasteiger partial charge in [-0.25, -0.2) is 13.2 Å². The lowest BCUT2D eigenvalue weighted by atomic mass is 10.0. The highest BCUT2D eigenvalue weighted by molar-refractivity contribution is 7.89. The van der Waals surface area contributed by atoms with Crippen molar-refractivity contribution in [1.29, 1.82) is 0 Å². The van der Waals surface area contributed by atoms with Gasteiger partial charge >= 0.3 is 6.03 Å². The van der Waals surface area contributed by atoms with Crippen molar-refractivity contribution in [2.75, 3.05) is 37.4 Å². The van der Waals surface area contributed by atoms with Crippen LogP contribution in [0.4, 0.5) is 16.2 Å². The third kappa shape index (κ3) is 6.92. The van der Waals surface area contributed by atoms with Crippen molar-refractivity contribution < 1.29 is 32.4 Å². The highest BCUT2D eigenvalue weighted by atomic mass is 32.2. The molecule has 0 radical (unpaired) electrons. The summed E-state index contributed by atoms with van der Waals surface area (Å²) < 4.78 is 39.6. The molecule has 3 atom stereocenters. The van der Waals surface area contributed by atoms with E-state index in [0.29, 0.717) is 22.7 Å². The Morgan fingerprint density at radius 2 is 1.86 bits per heavy atom. The zero-order valence-electron chi connectivity index (χ0n) is 24.3. The molecule has 42 heavy (non-hydrogen) atoms. The quantitative estimate of drug-likeness (QED) is 0.356. The second kappa shape index (κ2) is 12.9. The molecule has 0 unspecified atom stereocenters. The molecule has 0 fully saturated rings. The van der Waals surface area contributed by atoms with E-state index in [-0.39, 0.29) is 54.3 Å². The number of ether oxygens (including phenoxy) is 1. The van der Waals surface area contributed by atoms with Gasteiger partial charge in [0.15, 0.2) is 5.76 Å². The molecule has 3 amide bonds. The van der Waals surface area contributed by atoms with Gasteiger partial charge in [0, 0.05) is 36.4 Å². The number of likely N-dealkylation sites (N-methyl/N-ethyl adjacent to an activating group) is 1. The summed E-state index contributed by atoms with van der Waals surface area (Å²) in [6.07, 6.45) is -0.703. The number of hydrogen-bond donors (Lipinski definition) is 3. The van der Waals surface area contributed by atoms with Gasteiger partial charge < -0.3 is 29.9 Å². The summed E-state index contributed by atoms with van der Waals surface area (Å²) in [7, 11) is -2.50. The van der Waals surface area contributed by atoms with E-state index in [2.05, 4.69) is 15.8 Å². The Bertz CT molecular complexity index is 1510. The molecule has 0 saturated heterocycles. The van der Waals surface area contributed by atoms with Crippen molar-refractivity contribution >= 4 is 33.3 Å². The third-order valence-corrected chi connectivity index (χ3v) is 9.35. The highest BCUT2D eigenvalue weighted by Crippen LogP contribution is 2.30. The van der Waals surface area contributed by atoms with Crippen molar-refractivity contribution in [1.82, 2.24) is 14.4 Å². The average Bonchev–Trinajstić information content (AvgIpc) is 3.31. The maximum Gasteiger partial charge on any atom is 0.323 e. The summed E-state index contributed by atoms with van der Waals surface area (Å²) in [5.74, 6) is 0.0519. The molecule has 226 valence electrons. The first-order valence-corrected chi connectivity index (χ1v) is 15.1. The van der Waals surface area contributed by atoms with Crippen molar-refractivity contribution in [3.63, 3.8) is 0 Å². The number of rotatable bonds is 8. The molecule has 1 aliphatic heterocycles. The predicted octanol–water partition coefficient (Wildman–Crippen LogP) is 3.41. The zero-order valence-corrected chi connectivity index (χ0v) is 25.1. The monoisotopic (exact) mass is 599 g/mol. The van der Waals surface area contributed by atoms with E-state index in [1.54, 1.807) is 68.1 Å². The molecule has 3 aromatic rings. The number of carbonyl (C=O) groups excluding carboxylic acids is 2. The first-order chi connectivity index (χ1) is 19.9. The Kier molecular flexibility index (Phi) is 9.54. The molecule has 0 spiro atoms. The molecule has 0 bridgehead atoms. The number of benzene rings is 2. The van der Waals surface area contributed by atoms with Gasteiger partial charge in [-0.3, -0.25) is 4.79 Å². The molecule has 3 N–H and O–H groups in total. The number of aromatic nitrogens is 1. The van der Waals surface area contributed by atoms with Crippen LogP contribution in [0.5, 0.6) is 5.75 Å². The summed E-state index contributed by atoms with van der Waals surface area (Å²) in [4.78, 5) is 27.7. The first kappa shape index (κ1) is 31.0. The summed E-state index contributed by atoms with van der Waals surface area (Å²) in [6.45, 7) is 6.71. The van der Waals surface area contributed by atoms with Crippen LogP contribution in [0.15, 0.2) is 57.9 Å². The standard InChI is InChI=1S/C29H37N5O7S/c1-18-15-34(19(2)17-35)27(36)14-22-13-24(31-29(37)30-23-9-7-6-8-10-23)11-12-25(22)40-26(18)16-33(5)42(38,39)28-20(3)32-41-21(28)4/h6-13,18-19,26,35H,14-17H2,1-5H3,(H2,30,31,37)/t18-,19-,26+/m0/s1. The van der Waals surface area contributed by atoms with Gasteiger partial charge in [-0.2, -0.15) is 4.31 Å². The molecule has 0 aliphatic carbocycles. The fraction of sp³-hybridized carbons (Fsp3) is 0.414. The summed E-state index contributed by atoms with van der Waals surface area (Å²) in [6, 6.07) is 13.0. The minimum absolute atomic E-state index is 0.0105. The van der Waals surface area contributed by atoms with Crippen LogP contribution < -0.4 is 15.4 Å². The second-order valence-corrected chi connectivity index (χ2v) is 12.6. The van der Waals surface area contributed by atoms with Crippen LogP contribution in [-0.2, 0) is 21.2 Å². The Hall–Kier alpha value is -3.94. The fourth-order valence-electron chi connectivity index (χ4n) is 4.89. The maximum absolute atomic E-state index is 13.5. The van der Waals surface area contributed by atoms with E-state index >= 15 is 0 Å². The van der Waals surface area contributed by atoms with Crippen LogP contribution in [-0.4, -0.2) is 78.7 Å². The number of amides is 3. The van der Waals surface area contributed by atoms with Crippen LogP contribution in [0.2, 0.25) is 0 Å². The number of aryl methyl sites for hydroxylation is 2. The van der Waals surface area contributed by atoms with Crippen LogP contribution in [0, 0.1) is 19.8 Å². The highest BCUT2D eigenvalue weighted by Gasteiger charge is 2.35. The molecule has 4 rings (SSSR count). The van der Waals surface area contributed by atoms with Crippen molar-refractivity contribution in [2.24, 2.45) is 5.92 Å². The number of aliphatic hydroxyl groups excluding tert-OH is 1. The number of nitrogens with zero attached hydrogens (tertiary/aromatic N) is 3. The van der Waals surface area contributed by atoms with E-state index in [9.17, 15) is 23.1 Å². The second-order valence-electron chi connectivity index (χ2n) is 10.6. The largest absolute Gasteiger partial charge is 0.488 e. The van der Waals surface area contributed by atoms with Crippen molar-refractivity contribution in [3.05, 3.63) is 65.5 Å². The maximum atomic E-state index is 13.5. The molecule has 2 aromatic carbocycles. The van der Waals surface area contributed by atoms with Gasteiger partial charge in [0.1, 0.15) is 22.4 Å². The first-order valence-electron chi connectivity index (χ1n) is 13.6. The smallest absolute Gasteiger partial charge is 0.323 e. The SMILES string of the molecule is Cc1noc(C)c1S(=O)(=O)N(C)C[C@H]1Oc2ccc(NC(=O)Nc3ccccc3)cc2CC(=O)N([C@@H](C)CO)C[C@@H]1C. The van der Waals surface area contributed by atoms with E-state index in [4.69, 9.17) is 9.26 Å². The normalized spacial score (nSPS) is 18.4. The molecule has 2 heterocycles. The summed E-state index contributed by atoms with van der Waals surface area (Å²) >= 11 is 0. The Labute approximate surface area is 245 Å². The lowest BCUT2D eigenvalue weighted by Crippen LogP contribution is -2.48. The number of anilines is 2. The van der Waals surface area contributed by atoms with Crippen molar-refractivity contribution in [3.8, 4) is 5.75 Å². The number of para-hydroxylation sites is 1. The Morgan fingerprint density at radius 1 is 1.17 bits per heavy atom. The van der Waals surface area contributed by atoms with E-state index < -0.39 is 28.2 Å². The number of nitrogens with one attached hydrogen (secondary N) is 2. The summed E-state index contributed by atoms with van der Waals surface area (Å²) in [5.41, 5.74) is 1.85. The third-order valence-electron chi connectivity index (χ3n) is 7.28. The van der Waals surface area contributed by atoms with E-state index in [1.807, 2.05) is 13.0 Å². The minimum Gasteiger partial charge on any atom is -0.488 e. The number of hydrogen-bond acceptors (Lipinski definition) is 8. The van der Waals surface area contributed by atoms with Gasteiger partial charge in [0.2, 0.25) is 15.9 Å². The molecule has 1 aromatic heterocycles. The molecule has 0 saturated carbocycles. The van der Waals surface area contributed by atoms with E-state index in [0.717, 1.165) is 0 Å². The number of urea groups is 1. The average molecular weight is 600 g/mol. The number of sulfonamides is 1. The van der Waals surface area contributed by atoms with Gasteiger partial charge in [-0.1, -0.05) is 30.3 Å². The number of fused-ring (bicyclic) bond motifs is 1. The van der Waals surface area contributed by atoms with Crippen LogP contribution in [0.1, 0.15) is 30.9 Å². The van der Waals surface area contributed by atoms with Gasteiger partial charge in [-0.05, 0) is 51.1 Å². The van der Waals surface area contributed by atoms with Gasteiger partial charge in [0.25, 0.3) is 0 Å². The molecule has 12 nitrogen and oxygen atoms in total. The molecular formula is C29H37N5O7S. The topological polar surface area (TPSA) is 154 Å². The summed E-state index contributed by atoms with van der Waals surface area (Å²) in [5, 5.41) is 19.2. The lowest BCUT2D eigenvalue weighted by Gasteiger charge is -2.33. The van der Waals surface area contributed by atoms with Crippen LogP contribution >= 0.6 is 0 Å². The number of aliphatic hydroxyl groups is 1. The molecule has 13 heteroatoms. The van der Waals surface area contributed by atoms with E-state index in [1.165, 1.54) is 11.4 Å². The minimum atomic E-state index is -3.96. The lowest BCUT2D eigenvalue weighted by molar-refractivity contribution is -0.134. The molecular weight excluding hydrogens is 562 g/mol. The molecule has 1 aliphatic rings. The van der Waals surface area contributed by atoms with Crippen LogP contribution in [0.25, 0.3) is 0 Å². The van der Waals surface area contributed by atoms with Gasteiger partial charge in [0.05, 0.1) is 25.6 Å².